The van der Waals surface area contributed by atoms with Crippen molar-refractivity contribution in [2.24, 2.45) is 5.92 Å². The second kappa shape index (κ2) is 12.6. The van der Waals surface area contributed by atoms with Crippen molar-refractivity contribution in [2.45, 2.75) is 62.2 Å². The minimum absolute atomic E-state index is 0.111. The lowest BCUT2D eigenvalue weighted by molar-refractivity contribution is -0.260. The van der Waals surface area contributed by atoms with Crippen LogP contribution in [0.5, 0.6) is 5.75 Å². The Bertz CT molecular complexity index is 1340. The lowest BCUT2D eigenvalue weighted by Crippen LogP contribution is -2.50. The maximum Gasteiger partial charge on any atom is 0.351 e. The van der Waals surface area contributed by atoms with Gasteiger partial charge in [0.2, 0.25) is 6.29 Å². The fraction of sp³-hybridized carbons (Fsp3) is 0.545. The number of hydrogen-bond donors (Lipinski definition) is 5. The summed E-state index contributed by atoms with van der Waals surface area (Å²) in [5.41, 5.74) is 4.50. The van der Waals surface area contributed by atoms with Crippen LogP contribution in [0.25, 0.3) is 0 Å². The van der Waals surface area contributed by atoms with E-state index in [1.54, 1.807) is 37.3 Å². The molecular formula is C22H29N3O14P2-2. The van der Waals surface area contributed by atoms with E-state index in [1.165, 1.54) is 6.07 Å². The van der Waals surface area contributed by atoms with Crippen molar-refractivity contribution in [3.05, 3.63) is 53.1 Å². The molecule has 228 valence electrons. The first-order valence-corrected chi connectivity index (χ1v) is 15.4. The molecule has 6 N–H and O–H groups in total. The number of benzene rings is 1. The number of phosphoric acid groups is 1. The van der Waals surface area contributed by atoms with Crippen molar-refractivity contribution >= 4 is 21.2 Å². The minimum Gasteiger partial charge on any atom is -0.777 e. The minimum atomic E-state index is -5.62. The Morgan fingerprint density at radius 1 is 1.15 bits per heavy atom. The quantitative estimate of drug-likeness (QED) is 0.180. The fourth-order valence-electron chi connectivity index (χ4n) is 4.32. The summed E-state index contributed by atoms with van der Waals surface area (Å²) in [7, 11) is -11.2. The third-order valence-corrected chi connectivity index (χ3v) is 8.75. The molecule has 5 unspecified atom stereocenters. The number of aliphatic hydroxyl groups excluding tert-OH is 3. The number of nitrogen functional groups attached to an aromatic ring is 1. The molecule has 3 heterocycles. The highest BCUT2D eigenvalue weighted by Crippen LogP contribution is 2.52. The molecule has 2 fully saturated rings. The first-order valence-electron chi connectivity index (χ1n) is 12.3. The molecule has 0 amide bonds. The number of aliphatic hydroxyl groups is 3. The van der Waals surface area contributed by atoms with Gasteiger partial charge in [0.1, 0.15) is 29.9 Å². The summed E-state index contributed by atoms with van der Waals surface area (Å²) in [5, 5.41) is 31.1. The average molecular weight is 621 g/mol. The number of hydrogen-bond acceptors (Lipinski definition) is 15. The highest BCUT2D eigenvalue weighted by molar-refractivity contribution is 7.52. The molecule has 0 spiro atoms. The molecule has 17 nitrogen and oxygen atoms in total. The smallest absolute Gasteiger partial charge is 0.351 e. The SMILES string of the molecule is C[C@H]1C(Oc2ccccc2)O[C@@H](C(OP(=O)([O-])OC[C@H]2O[C@@H](n3ccc(N)nc3=O)C(O)[C@H]2O)P(=O)([O-])O)C[C@H]1O. The molecule has 2 aromatic rings. The standard InChI is InChI=1S/C22H31N3O14P2/c1-11-13(26)9-14(38-20(11)36-12-5-3-2-4-6-12)21(40(30,31)32)39-41(33,34)35-10-15-17(27)18(28)19(37-15)25-8-7-16(23)24-22(25)29/h2-8,11,13-15,17-21,26-28H,9-10H2,1H3,(H,33,34)(H2,23,24,29)(H2,30,31,32)/p-2/t11-,13-,14-,15-,17+,18?,19-,20?,21?/m1/s1. The lowest BCUT2D eigenvalue weighted by atomic mass is 9.95. The third kappa shape index (κ3) is 7.59. The highest BCUT2D eigenvalue weighted by Gasteiger charge is 2.47. The van der Waals surface area contributed by atoms with Gasteiger partial charge in [-0.2, -0.15) is 4.98 Å². The van der Waals surface area contributed by atoms with Crippen molar-refractivity contribution in [3.8, 4) is 5.75 Å². The van der Waals surface area contributed by atoms with Gasteiger partial charge < -0.3 is 63.6 Å². The summed E-state index contributed by atoms with van der Waals surface area (Å²) in [4.78, 5) is 50.1. The van der Waals surface area contributed by atoms with Crippen LogP contribution in [0.2, 0.25) is 0 Å². The zero-order valence-electron chi connectivity index (χ0n) is 21.4. The van der Waals surface area contributed by atoms with Crippen molar-refractivity contribution < 1.29 is 62.4 Å². The number of aromatic nitrogens is 2. The second-order valence-corrected chi connectivity index (χ2v) is 12.5. The average Bonchev–Trinajstić information content (AvgIpc) is 3.17. The topological polar surface area (TPSA) is 268 Å². The Hall–Kier alpha value is -2.24. The number of para-hydroxylation sites is 1. The lowest BCUT2D eigenvalue weighted by Gasteiger charge is -2.43. The zero-order valence-corrected chi connectivity index (χ0v) is 23.2. The van der Waals surface area contributed by atoms with E-state index in [1.807, 2.05) is 0 Å². The molecule has 2 aliphatic rings. The van der Waals surface area contributed by atoms with Gasteiger partial charge in [0, 0.05) is 18.5 Å². The van der Waals surface area contributed by atoms with Gasteiger partial charge in [0.05, 0.1) is 18.8 Å². The van der Waals surface area contributed by atoms with Crippen LogP contribution >= 0.6 is 15.4 Å². The summed E-state index contributed by atoms with van der Waals surface area (Å²) >= 11 is 0. The van der Waals surface area contributed by atoms with Gasteiger partial charge in [-0.05, 0) is 18.2 Å². The van der Waals surface area contributed by atoms with E-state index in [2.05, 4.69) is 9.51 Å². The third-order valence-electron chi connectivity index (χ3n) is 6.55. The summed E-state index contributed by atoms with van der Waals surface area (Å²) < 4.78 is 51.6. The normalized spacial score (nSPS) is 33.9. The Morgan fingerprint density at radius 3 is 2.46 bits per heavy atom. The highest BCUT2D eigenvalue weighted by atomic mass is 31.2. The summed E-state index contributed by atoms with van der Waals surface area (Å²) in [6.45, 7) is 0.573. The van der Waals surface area contributed by atoms with E-state index < -0.39 is 88.9 Å². The monoisotopic (exact) mass is 621 g/mol. The number of anilines is 1. The van der Waals surface area contributed by atoms with Gasteiger partial charge in [-0.1, -0.05) is 25.1 Å². The van der Waals surface area contributed by atoms with Crippen LogP contribution in [0.3, 0.4) is 0 Å². The molecule has 19 heteroatoms. The number of nitrogens with two attached hydrogens (primary N) is 1. The van der Waals surface area contributed by atoms with Gasteiger partial charge in [0.25, 0.3) is 7.82 Å². The molecule has 1 aromatic carbocycles. The van der Waals surface area contributed by atoms with E-state index in [0.29, 0.717) is 5.75 Å². The summed E-state index contributed by atoms with van der Waals surface area (Å²) in [5.74, 6) is -3.02. The van der Waals surface area contributed by atoms with E-state index in [4.69, 9.17) is 24.5 Å². The second-order valence-electron chi connectivity index (χ2n) is 9.53. The van der Waals surface area contributed by atoms with Crippen molar-refractivity contribution in [1.29, 1.82) is 0 Å². The van der Waals surface area contributed by atoms with Crippen molar-refractivity contribution in [3.63, 3.8) is 0 Å². The molecule has 0 radical (unpaired) electrons. The predicted octanol–water partition coefficient (Wildman–Crippen LogP) is -1.99. The number of phosphoric ester groups is 1. The van der Waals surface area contributed by atoms with E-state index in [0.717, 1.165) is 10.8 Å². The molecule has 1 aromatic heterocycles. The molecule has 41 heavy (non-hydrogen) atoms. The van der Waals surface area contributed by atoms with Crippen molar-refractivity contribution in [1.82, 2.24) is 9.55 Å². The fourth-order valence-corrected chi connectivity index (χ4v) is 6.54. The Labute approximate surface area is 232 Å². The number of rotatable bonds is 10. The van der Waals surface area contributed by atoms with Gasteiger partial charge >= 0.3 is 5.69 Å². The van der Waals surface area contributed by atoms with Gasteiger partial charge in [-0.15, -0.1) is 0 Å². The van der Waals surface area contributed by atoms with E-state index in [9.17, 15) is 43.9 Å². The maximum absolute atomic E-state index is 12.6. The maximum atomic E-state index is 12.6. The van der Waals surface area contributed by atoms with Gasteiger partial charge in [-0.3, -0.25) is 9.13 Å². The molecule has 0 bridgehead atoms. The van der Waals surface area contributed by atoms with Crippen LogP contribution in [0.15, 0.2) is 47.4 Å². The molecule has 2 aliphatic heterocycles. The van der Waals surface area contributed by atoms with Crippen LogP contribution in [0.4, 0.5) is 5.82 Å². The van der Waals surface area contributed by atoms with E-state index >= 15 is 0 Å². The molecule has 11 atom stereocenters. The zero-order chi connectivity index (χ0) is 30.1. The predicted molar refractivity (Wildman–Crippen MR) is 133 cm³/mol. The first kappa shape index (κ1) is 31.7. The molecule has 4 rings (SSSR count). The van der Waals surface area contributed by atoms with Gasteiger partial charge in [-0.25, -0.2) is 4.79 Å². The van der Waals surface area contributed by atoms with Crippen LogP contribution in [0, 0.1) is 5.92 Å². The van der Waals surface area contributed by atoms with Crippen LogP contribution < -0.4 is 25.9 Å². The Morgan fingerprint density at radius 2 is 1.83 bits per heavy atom. The molecule has 0 saturated carbocycles. The van der Waals surface area contributed by atoms with Crippen LogP contribution in [0.1, 0.15) is 19.6 Å². The Kier molecular flexibility index (Phi) is 9.70. The molecule has 0 aliphatic carbocycles. The summed E-state index contributed by atoms with van der Waals surface area (Å²) in [6, 6.07) is 9.41. The number of nitrogens with zero attached hydrogens (tertiary/aromatic N) is 2. The van der Waals surface area contributed by atoms with Crippen LogP contribution in [-0.4, -0.2) is 79.0 Å². The Balaban J connectivity index is 1.44. The van der Waals surface area contributed by atoms with Crippen LogP contribution in [-0.2, 0) is 27.7 Å². The van der Waals surface area contributed by atoms with Gasteiger partial charge in [0.15, 0.2) is 19.7 Å². The summed E-state index contributed by atoms with van der Waals surface area (Å²) in [6.07, 6.45) is -9.99. The molecular weight excluding hydrogens is 592 g/mol. The van der Waals surface area contributed by atoms with Crippen molar-refractivity contribution in [2.75, 3.05) is 12.3 Å². The number of ether oxygens (including phenoxy) is 3. The first-order chi connectivity index (χ1) is 19.2. The molecule has 2 saturated heterocycles. The van der Waals surface area contributed by atoms with E-state index in [-0.39, 0.29) is 5.82 Å². The largest absolute Gasteiger partial charge is 0.777 e.